The molecular formula is C14H19ClN2O2. The second-order valence-electron chi connectivity index (χ2n) is 4.69. The van der Waals surface area contributed by atoms with Crippen molar-refractivity contribution in [1.29, 1.82) is 0 Å². The molecule has 1 aliphatic rings. The summed E-state index contributed by atoms with van der Waals surface area (Å²) < 4.78 is 5.16. The van der Waals surface area contributed by atoms with E-state index in [2.05, 4.69) is 4.98 Å². The molecule has 0 bridgehead atoms. The molecule has 5 heteroatoms. The van der Waals surface area contributed by atoms with E-state index >= 15 is 0 Å². The maximum absolute atomic E-state index is 12.6. The Morgan fingerprint density at radius 2 is 2.47 bits per heavy atom. The molecule has 0 N–H and O–H groups in total. The van der Waals surface area contributed by atoms with Crippen LogP contribution in [0.5, 0.6) is 5.88 Å². The molecule has 1 atom stereocenters. The van der Waals surface area contributed by atoms with Gasteiger partial charge in [-0.1, -0.05) is 0 Å². The van der Waals surface area contributed by atoms with Gasteiger partial charge in [-0.2, -0.15) is 0 Å². The van der Waals surface area contributed by atoms with Gasteiger partial charge in [0.1, 0.15) is 5.56 Å². The van der Waals surface area contributed by atoms with Crippen molar-refractivity contribution >= 4 is 17.5 Å². The molecule has 1 unspecified atom stereocenters. The van der Waals surface area contributed by atoms with Gasteiger partial charge in [0.05, 0.1) is 7.11 Å². The van der Waals surface area contributed by atoms with Crippen LogP contribution in [0.3, 0.4) is 0 Å². The van der Waals surface area contributed by atoms with Crippen molar-refractivity contribution in [1.82, 2.24) is 9.88 Å². The van der Waals surface area contributed by atoms with Gasteiger partial charge in [0.2, 0.25) is 5.88 Å². The van der Waals surface area contributed by atoms with E-state index in [0.29, 0.717) is 23.4 Å². The van der Waals surface area contributed by atoms with Crippen molar-refractivity contribution in [3.05, 3.63) is 23.9 Å². The maximum atomic E-state index is 12.6. The molecule has 1 aliphatic heterocycles. The smallest absolute Gasteiger partial charge is 0.259 e. The van der Waals surface area contributed by atoms with E-state index in [1.165, 1.54) is 7.11 Å². The largest absolute Gasteiger partial charge is 0.480 e. The predicted molar refractivity (Wildman–Crippen MR) is 74.8 cm³/mol. The SMILES string of the molecule is COc1ncccc1C(=O)N1CCCC1CCCCl. The second-order valence-corrected chi connectivity index (χ2v) is 5.06. The van der Waals surface area contributed by atoms with E-state index in [1.54, 1.807) is 18.3 Å². The van der Waals surface area contributed by atoms with Crippen LogP contribution in [0.25, 0.3) is 0 Å². The Bertz CT molecular complexity index is 439. The monoisotopic (exact) mass is 282 g/mol. The number of alkyl halides is 1. The Morgan fingerprint density at radius 3 is 3.21 bits per heavy atom. The summed E-state index contributed by atoms with van der Waals surface area (Å²) in [5.74, 6) is 1.06. The first-order valence-electron chi connectivity index (χ1n) is 6.64. The third-order valence-electron chi connectivity index (χ3n) is 3.50. The number of pyridine rings is 1. The molecule has 2 rings (SSSR count). The Kier molecular flexibility index (Phi) is 5.02. The number of hydrogen-bond acceptors (Lipinski definition) is 3. The van der Waals surface area contributed by atoms with Crippen molar-refractivity contribution in [3.8, 4) is 5.88 Å². The Morgan fingerprint density at radius 1 is 1.63 bits per heavy atom. The fraction of sp³-hybridized carbons (Fsp3) is 0.571. The van der Waals surface area contributed by atoms with Crippen LogP contribution in [0, 0.1) is 0 Å². The lowest BCUT2D eigenvalue weighted by Crippen LogP contribution is -2.35. The highest BCUT2D eigenvalue weighted by molar-refractivity contribution is 6.17. The minimum absolute atomic E-state index is 0.0158. The number of amides is 1. The number of carbonyl (C=O) groups is 1. The summed E-state index contributed by atoms with van der Waals surface area (Å²) in [6.45, 7) is 0.809. The predicted octanol–water partition coefficient (Wildman–Crippen LogP) is 2.71. The Balaban J connectivity index is 2.13. The van der Waals surface area contributed by atoms with Crippen LogP contribution in [0.15, 0.2) is 18.3 Å². The summed E-state index contributed by atoms with van der Waals surface area (Å²) in [6.07, 6.45) is 5.66. The number of carbonyl (C=O) groups excluding carboxylic acids is 1. The molecule has 104 valence electrons. The molecule has 2 heterocycles. The highest BCUT2D eigenvalue weighted by Crippen LogP contribution is 2.26. The van der Waals surface area contributed by atoms with Gasteiger partial charge in [-0.3, -0.25) is 4.79 Å². The number of nitrogens with zero attached hydrogens (tertiary/aromatic N) is 2. The first-order valence-corrected chi connectivity index (χ1v) is 7.17. The number of ether oxygens (including phenoxy) is 1. The number of likely N-dealkylation sites (tertiary alicyclic amines) is 1. The number of aromatic nitrogens is 1. The molecule has 1 aromatic rings. The van der Waals surface area contributed by atoms with Gasteiger partial charge < -0.3 is 9.64 Å². The summed E-state index contributed by atoms with van der Waals surface area (Å²) in [7, 11) is 1.54. The molecule has 1 aromatic heterocycles. The Labute approximate surface area is 118 Å². The fourth-order valence-electron chi connectivity index (χ4n) is 2.59. The van der Waals surface area contributed by atoms with E-state index in [4.69, 9.17) is 16.3 Å². The number of rotatable bonds is 5. The van der Waals surface area contributed by atoms with Gasteiger partial charge in [-0.15, -0.1) is 11.6 Å². The molecular weight excluding hydrogens is 264 g/mol. The molecule has 0 aliphatic carbocycles. The summed E-state index contributed by atoms with van der Waals surface area (Å²) in [4.78, 5) is 18.6. The van der Waals surface area contributed by atoms with Gasteiger partial charge in [-0.25, -0.2) is 4.98 Å². The molecule has 19 heavy (non-hydrogen) atoms. The zero-order valence-electron chi connectivity index (χ0n) is 11.1. The van der Waals surface area contributed by atoms with Crippen LogP contribution in [-0.2, 0) is 0 Å². The molecule has 0 radical (unpaired) electrons. The molecule has 4 nitrogen and oxygen atoms in total. The quantitative estimate of drug-likeness (QED) is 0.780. The van der Waals surface area contributed by atoms with Crippen LogP contribution in [0.2, 0.25) is 0 Å². The van der Waals surface area contributed by atoms with Crippen molar-refractivity contribution in [2.75, 3.05) is 19.5 Å². The highest BCUT2D eigenvalue weighted by Gasteiger charge is 2.30. The van der Waals surface area contributed by atoms with E-state index in [1.807, 2.05) is 4.90 Å². The van der Waals surface area contributed by atoms with Crippen molar-refractivity contribution in [2.45, 2.75) is 31.7 Å². The first-order chi connectivity index (χ1) is 9.27. The summed E-state index contributed by atoms with van der Waals surface area (Å²) in [5, 5.41) is 0. The van der Waals surface area contributed by atoms with Crippen molar-refractivity contribution < 1.29 is 9.53 Å². The molecule has 1 fully saturated rings. The zero-order chi connectivity index (χ0) is 13.7. The summed E-state index contributed by atoms with van der Waals surface area (Å²) in [6, 6.07) is 3.83. The number of methoxy groups -OCH3 is 1. The van der Waals surface area contributed by atoms with E-state index in [0.717, 1.165) is 32.2 Å². The highest BCUT2D eigenvalue weighted by atomic mass is 35.5. The molecule has 0 spiro atoms. The molecule has 0 saturated carbocycles. The van der Waals surface area contributed by atoms with Crippen LogP contribution >= 0.6 is 11.6 Å². The third-order valence-corrected chi connectivity index (χ3v) is 3.77. The van der Waals surface area contributed by atoms with E-state index < -0.39 is 0 Å². The number of halogens is 1. The molecule has 0 aromatic carbocycles. The standard InChI is InChI=1S/C14H19ClN2O2/c1-19-13-12(7-3-9-16-13)14(18)17-10-4-6-11(17)5-2-8-15/h3,7,9,11H,2,4-6,8,10H2,1H3. The normalized spacial score (nSPS) is 18.6. The topological polar surface area (TPSA) is 42.4 Å². The molecule has 1 saturated heterocycles. The average molecular weight is 283 g/mol. The van der Waals surface area contributed by atoms with Gasteiger partial charge in [0.25, 0.3) is 5.91 Å². The van der Waals surface area contributed by atoms with Gasteiger partial charge >= 0.3 is 0 Å². The first kappa shape index (κ1) is 14.1. The molecule has 1 amide bonds. The Hall–Kier alpha value is -1.29. The zero-order valence-corrected chi connectivity index (χ0v) is 11.9. The summed E-state index contributed by atoms with van der Waals surface area (Å²) in [5.41, 5.74) is 0.544. The lowest BCUT2D eigenvalue weighted by Gasteiger charge is -2.25. The fourth-order valence-corrected chi connectivity index (χ4v) is 2.74. The average Bonchev–Trinajstić information content (AvgIpc) is 2.92. The maximum Gasteiger partial charge on any atom is 0.259 e. The summed E-state index contributed by atoms with van der Waals surface area (Å²) >= 11 is 5.74. The lowest BCUT2D eigenvalue weighted by atomic mass is 10.1. The van der Waals surface area contributed by atoms with Crippen molar-refractivity contribution in [3.63, 3.8) is 0 Å². The van der Waals surface area contributed by atoms with E-state index in [9.17, 15) is 4.79 Å². The minimum atomic E-state index is 0.0158. The van der Waals surface area contributed by atoms with Gasteiger partial charge in [-0.05, 0) is 37.8 Å². The number of hydrogen-bond donors (Lipinski definition) is 0. The van der Waals surface area contributed by atoms with Crippen LogP contribution in [0.4, 0.5) is 0 Å². The van der Waals surface area contributed by atoms with Gasteiger partial charge in [0, 0.05) is 24.7 Å². The lowest BCUT2D eigenvalue weighted by molar-refractivity contribution is 0.0726. The van der Waals surface area contributed by atoms with Crippen molar-refractivity contribution in [2.24, 2.45) is 0 Å². The van der Waals surface area contributed by atoms with Gasteiger partial charge in [0.15, 0.2) is 0 Å². The van der Waals surface area contributed by atoms with E-state index in [-0.39, 0.29) is 5.91 Å². The van der Waals surface area contributed by atoms with Crippen LogP contribution < -0.4 is 4.74 Å². The minimum Gasteiger partial charge on any atom is -0.480 e. The van der Waals surface area contributed by atoms with Crippen LogP contribution in [0.1, 0.15) is 36.0 Å². The second kappa shape index (κ2) is 6.75. The third kappa shape index (κ3) is 3.18. The van der Waals surface area contributed by atoms with Crippen LogP contribution in [-0.4, -0.2) is 41.4 Å².